The van der Waals surface area contributed by atoms with Gasteiger partial charge < -0.3 is 10.6 Å². The summed E-state index contributed by atoms with van der Waals surface area (Å²) in [6, 6.07) is 15.2. The van der Waals surface area contributed by atoms with E-state index >= 15 is 0 Å². The highest BCUT2D eigenvalue weighted by atomic mass is 79.9. The molecule has 21 heavy (non-hydrogen) atoms. The van der Waals surface area contributed by atoms with Gasteiger partial charge in [0.15, 0.2) is 0 Å². The average Bonchev–Trinajstić information content (AvgIpc) is 2.48. The van der Waals surface area contributed by atoms with Crippen LogP contribution in [0.3, 0.4) is 0 Å². The molecular weight excluding hydrogens is 352 g/mol. The summed E-state index contributed by atoms with van der Waals surface area (Å²) in [7, 11) is 0. The first-order valence-electron chi connectivity index (χ1n) is 6.64. The molecule has 0 aromatic heterocycles. The van der Waals surface area contributed by atoms with Crippen molar-refractivity contribution in [3.05, 3.63) is 63.6 Å². The minimum absolute atomic E-state index is 0.0478. The second-order valence-corrected chi connectivity index (χ2v) is 5.96. The summed E-state index contributed by atoms with van der Waals surface area (Å²) in [6.07, 6.45) is 0.864. The topological polar surface area (TPSA) is 41.1 Å². The molecule has 110 valence electrons. The average molecular weight is 368 g/mol. The van der Waals surface area contributed by atoms with Crippen molar-refractivity contribution in [2.24, 2.45) is 0 Å². The van der Waals surface area contributed by atoms with Crippen molar-refractivity contribution in [3.63, 3.8) is 0 Å². The minimum Gasteiger partial charge on any atom is -0.325 e. The second kappa shape index (κ2) is 8.17. The number of carbonyl (C=O) groups excluding carboxylic acids is 1. The Morgan fingerprint density at radius 3 is 2.38 bits per heavy atom. The van der Waals surface area contributed by atoms with E-state index in [0.29, 0.717) is 6.54 Å². The predicted molar refractivity (Wildman–Crippen MR) is 90.8 cm³/mol. The monoisotopic (exact) mass is 366 g/mol. The molecule has 0 heterocycles. The van der Waals surface area contributed by atoms with E-state index < -0.39 is 0 Å². The zero-order valence-electron chi connectivity index (χ0n) is 11.4. The van der Waals surface area contributed by atoms with Crippen LogP contribution in [0, 0.1) is 0 Å². The highest BCUT2D eigenvalue weighted by molar-refractivity contribution is 9.10. The number of hydrogen-bond acceptors (Lipinski definition) is 2. The fraction of sp³-hybridized carbons (Fsp3) is 0.188. The number of halogens is 2. The van der Waals surface area contributed by atoms with Gasteiger partial charge in [-0.15, -0.1) is 0 Å². The van der Waals surface area contributed by atoms with E-state index in [1.165, 1.54) is 5.56 Å². The third kappa shape index (κ3) is 5.87. The number of rotatable bonds is 6. The fourth-order valence-electron chi connectivity index (χ4n) is 1.82. The van der Waals surface area contributed by atoms with Crippen LogP contribution in [0.1, 0.15) is 5.56 Å². The van der Waals surface area contributed by atoms with Gasteiger partial charge in [-0.05, 0) is 54.9 Å². The molecule has 2 aromatic carbocycles. The maximum atomic E-state index is 11.8. The van der Waals surface area contributed by atoms with Gasteiger partial charge in [-0.25, -0.2) is 0 Å². The molecule has 2 rings (SSSR count). The molecule has 0 aliphatic heterocycles. The lowest BCUT2D eigenvalue weighted by atomic mass is 10.1. The largest absolute Gasteiger partial charge is 0.325 e. The van der Waals surface area contributed by atoms with E-state index in [9.17, 15) is 4.79 Å². The molecule has 0 fully saturated rings. The Kier molecular flexibility index (Phi) is 6.23. The zero-order valence-corrected chi connectivity index (χ0v) is 13.7. The summed E-state index contributed by atoms with van der Waals surface area (Å²) in [6.45, 7) is 1.04. The van der Waals surface area contributed by atoms with Crippen molar-refractivity contribution in [3.8, 4) is 0 Å². The zero-order chi connectivity index (χ0) is 15.1. The number of hydrogen-bond donors (Lipinski definition) is 2. The molecule has 0 unspecified atom stereocenters. The van der Waals surface area contributed by atoms with Gasteiger partial charge in [0.25, 0.3) is 0 Å². The fourth-order valence-corrected chi connectivity index (χ4v) is 2.21. The van der Waals surface area contributed by atoms with Crippen LogP contribution >= 0.6 is 27.5 Å². The normalized spacial score (nSPS) is 10.4. The molecule has 0 saturated heterocycles. The van der Waals surface area contributed by atoms with Crippen LogP contribution in [0.25, 0.3) is 0 Å². The van der Waals surface area contributed by atoms with Crippen LogP contribution in [0.5, 0.6) is 0 Å². The molecule has 0 spiro atoms. The Bertz CT molecular complexity index is 584. The maximum Gasteiger partial charge on any atom is 0.238 e. The number of anilines is 1. The SMILES string of the molecule is O=C(CNCCc1ccc(Cl)cc1)Nc1ccc(Br)cc1. The Morgan fingerprint density at radius 1 is 1.05 bits per heavy atom. The van der Waals surface area contributed by atoms with E-state index in [1.54, 1.807) is 0 Å². The van der Waals surface area contributed by atoms with Crippen LogP contribution in [-0.2, 0) is 11.2 Å². The first-order valence-corrected chi connectivity index (χ1v) is 7.81. The van der Waals surface area contributed by atoms with Gasteiger partial charge in [0.05, 0.1) is 6.54 Å². The lowest BCUT2D eigenvalue weighted by molar-refractivity contribution is -0.115. The molecule has 0 atom stereocenters. The van der Waals surface area contributed by atoms with Gasteiger partial charge in [0.2, 0.25) is 5.91 Å². The predicted octanol–water partition coefficient (Wildman–Crippen LogP) is 3.87. The van der Waals surface area contributed by atoms with E-state index in [-0.39, 0.29) is 5.91 Å². The maximum absolute atomic E-state index is 11.8. The summed E-state index contributed by atoms with van der Waals surface area (Å²) in [5.74, 6) is -0.0478. The van der Waals surface area contributed by atoms with Crippen molar-refractivity contribution in [2.45, 2.75) is 6.42 Å². The molecule has 0 saturated carbocycles. The van der Waals surface area contributed by atoms with Crippen LogP contribution in [0.15, 0.2) is 53.0 Å². The summed E-state index contributed by atoms with van der Waals surface area (Å²) in [4.78, 5) is 11.8. The Morgan fingerprint density at radius 2 is 1.71 bits per heavy atom. The third-order valence-corrected chi connectivity index (χ3v) is 3.70. The molecule has 2 N–H and O–H groups in total. The lowest BCUT2D eigenvalue weighted by Crippen LogP contribution is -2.29. The van der Waals surface area contributed by atoms with E-state index in [4.69, 9.17) is 11.6 Å². The van der Waals surface area contributed by atoms with E-state index in [1.807, 2.05) is 48.5 Å². The first-order chi connectivity index (χ1) is 10.1. The van der Waals surface area contributed by atoms with Gasteiger partial charge in [-0.2, -0.15) is 0 Å². The van der Waals surface area contributed by atoms with Gasteiger partial charge in [0.1, 0.15) is 0 Å². The smallest absolute Gasteiger partial charge is 0.238 e. The van der Waals surface area contributed by atoms with Crippen molar-refractivity contribution < 1.29 is 4.79 Å². The molecule has 0 aliphatic rings. The second-order valence-electron chi connectivity index (χ2n) is 4.61. The molecule has 0 aliphatic carbocycles. The summed E-state index contributed by atoms with van der Waals surface area (Å²) in [5.41, 5.74) is 1.99. The van der Waals surface area contributed by atoms with Crippen LogP contribution in [-0.4, -0.2) is 19.0 Å². The summed E-state index contributed by atoms with van der Waals surface area (Å²) < 4.78 is 0.988. The number of amides is 1. The summed E-state index contributed by atoms with van der Waals surface area (Å²) >= 11 is 9.19. The highest BCUT2D eigenvalue weighted by Crippen LogP contribution is 2.13. The standard InChI is InChI=1S/C16H16BrClN2O/c17-13-3-7-15(8-4-13)20-16(21)11-19-10-9-12-1-5-14(18)6-2-12/h1-8,19H,9-11H2,(H,20,21). The van der Waals surface area contributed by atoms with E-state index in [2.05, 4.69) is 26.6 Å². The third-order valence-electron chi connectivity index (χ3n) is 2.92. The molecular formula is C16H16BrClN2O. The highest BCUT2D eigenvalue weighted by Gasteiger charge is 2.01. The van der Waals surface area contributed by atoms with Crippen LogP contribution in [0.2, 0.25) is 5.02 Å². The van der Waals surface area contributed by atoms with Crippen molar-refractivity contribution in [2.75, 3.05) is 18.4 Å². The Hall–Kier alpha value is -1.36. The molecule has 3 nitrogen and oxygen atoms in total. The lowest BCUT2D eigenvalue weighted by Gasteiger charge is -2.07. The molecule has 1 amide bonds. The van der Waals surface area contributed by atoms with Crippen molar-refractivity contribution in [1.82, 2.24) is 5.32 Å². The molecule has 5 heteroatoms. The minimum atomic E-state index is -0.0478. The number of nitrogens with one attached hydrogen (secondary N) is 2. The van der Waals surface area contributed by atoms with Crippen LogP contribution in [0.4, 0.5) is 5.69 Å². The van der Waals surface area contributed by atoms with Crippen molar-refractivity contribution in [1.29, 1.82) is 0 Å². The van der Waals surface area contributed by atoms with Gasteiger partial charge in [0, 0.05) is 15.2 Å². The Labute approximate surface area is 137 Å². The molecule has 0 radical (unpaired) electrons. The number of benzene rings is 2. The van der Waals surface area contributed by atoms with Gasteiger partial charge in [-0.3, -0.25) is 4.79 Å². The van der Waals surface area contributed by atoms with E-state index in [0.717, 1.165) is 28.1 Å². The summed E-state index contributed by atoms with van der Waals surface area (Å²) in [5, 5.41) is 6.70. The quantitative estimate of drug-likeness (QED) is 0.761. The van der Waals surface area contributed by atoms with Gasteiger partial charge >= 0.3 is 0 Å². The van der Waals surface area contributed by atoms with Gasteiger partial charge in [-0.1, -0.05) is 39.7 Å². The molecule has 2 aromatic rings. The molecule has 0 bridgehead atoms. The first kappa shape index (κ1) is 16.0. The van der Waals surface area contributed by atoms with Crippen LogP contribution < -0.4 is 10.6 Å². The number of carbonyl (C=O) groups is 1. The Balaban J connectivity index is 1.67. The van der Waals surface area contributed by atoms with Crippen molar-refractivity contribution >= 4 is 39.1 Å².